The first-order valence-electron chi connectivity index (χ1n) is 6.66. The number of carbonyl (C=O) groups is 1. The lowest BCUT2D eigenvalue weighted by Crippen LogP contribution is -2.52. The Hall–Kier alpha value is -1.43. The van der Waals surface area contributed by atoms with Gasteiger partial charge in [0.15, 0.2) is 0 Å². The summed E-state index contributed by atoms with van der Waals surface area (Å²) in [6, 6.07) is 0.236. The van der Waals surface area contributed by atoms with Crippen molar-refractivity contribution in [3.05, 3.63) is 12.7 Å². The Morgan fingerprint density at radius 2 is 2.21 bits per heavy atom. The normalized spacial score (nSPS) is 14.4. The summed E-state index contributed by atoms with van der Waals surface area (Å²) in [5.41, 5.74) is -0.620. The molecule has 0 amide bonds. The smallest absolute Gasteiger partial charge is 0.325 e. The Morgan fingerprint density at radius 3 is 2.74 bits per heavy atom. The van der Waals surface area contributed by atoms with E-state index in [-0.39, 0.29) is 12.0 Å². The lowest BCUT2D eigenvalue weighted by molar-refractivity contribution is -0.148. The van der Waals surface area contributed by atoms with E-state index in [1.54, 1.807) is 11.0 Å². The SMILES string of the molecule is COC(=O)C(C)(CCCCn1cncn1)NC(C)C. The van der Waals surface area contributed by atoms with Crippen molar-refractivity contribution in [3.8, 4) is 0 Å². The van der Waals surface area contributed by atoms with E-state index in [1.807, 2.05) is 20.8 Å². The Bertz CT molecular complexity index is 378. The molecule has 19 heavy (non-hydrogen) atoms. The molecule has 108 valence electrons. The zero-order chi connectivity index (χ0) is 14.3. The van der Waals surface area contributed by atoms with Crippen molar-refractivity contribution in [2.75, 3.05) is 7.11 Å². The maximum absolute atomic E-state index is 11.9. The van der Waals surface area contributed by atoms with Crippen molar-refractivity contribution in [1.82, 2.24) is 20.1 Å². The maximum Gasteiger partial charge on any atom is 0.325 e. The molecular formula is C13H24N4O2. The van der Waals surface area contributed by atoms with Crippen LogP contribution in [-0.4, -0.2) is 39.4 Å². The lowest BCUT2D eigenvalue weighted by atomic mass is 9.94. The fraction of sp³-hybridized carbons (Fsp3) is 0.769. The summed E-state index contributed by atoms with van der Waals surface area (Å²) in [6.07, 6.45) is 5.85. The highest BCUT2D eigenvalue weighted by Crippen LogP contribution is 2.17. The number of unbranched alkanes of at least 4 members (excludes halogenated alkanes) is 1. The summed E-state index contributed by atoms with van der Waals surface area (Å²) < 4.78 is 6.69. The fourth-order valence-corrected chi connectivity index (χ4v) is 2.20. The summed E-state index contributed by atoms with van der Waals surface area (Å²) in [6.45, 7) is 6.76. The van der Waals surface area contributed by atoms with Gasteiger partial charge in [0, 0.05) is 12.6 Å². The molecule has 0 aromatic carbocycles. The van der Waals surface area contributed by atoms with Gasteiger partial charge in [0.05, 0.1) is 7.11 Å². The van der Waals surface area contributed by atoms with Gasteiger partial charge in [-0.2, -0.15) is 5.10 Å². The summed E-state index contributed by atoms with van der Waals surface area (Å²) in [5.74, 6) is -0.207. The van der Waals surface area contributed by atoms with Gasteiger partial charge < -0.3 is 4.74 Å². The van der Waals surface area contributed by atoms with E-state index >= 15 is 0 Å². The third-order valence-electron chi connectivity index (χ3n) is 3.02. The van der Waals surface area contributed by atoms with Gasteiger partial charge in [0.1, 0.15) is 18.2 Å². The van der Waals surface area contributed by atoms with Crippen molar-refractivity contribution in [3.63, 3.8) is 0 Å². The Kier molecular flexibility index (Phi) is 5.95. The second-order valence-corrected chi connectivity index (χ2v) is 5.24. The molecule has 6 heteroatoms. The average Bonchev–Trinajstić information content (AvgIpc) is 2.85. The molecule has 1 aromatic rings. The van der Waals surface area contributed by atoms with Crippen molar-refractivity contribution >= 4 is 5.97 Å². The molecule has 0 saturated heterocycles. The minimum atomic E-state index is -0.620. The molecule has 0 aliphatic heterocycles. The summed E-state index contributed by atoms with van der Waals surface area (Å²) in [5, 5.41) is 7.34. The first-order chi connectivity index (χ1) is 8.98. The Balaban J connectivity index is 2.42. The van der Waals surface area contributed by atoms with Crippen molar-refractivity contribution < 1.29 is 9.53 Å². The molecule has 0 bridgehead atoms. The molecule has 1 atom stereocenters. The number of aryl methyl sites for hydroxylation is 1. The molecule has 0 aliphatic rings. The van der Waals surface area contributed by atoms with Crippen molar-refractivity contribution in [2.45, 2.75) is 58.2 Å². The highest BCUT2D eigenvalue weighted by molar-refractivity contribution is 5.80. The number of nitrogens with one attached hydrogen (secondary N) is 1. The number of hydrogen-bond donors (Lipinski definition) is 1. The minimum Gasteiger partial charge on any atom is -0.468 e. The molecule has 0 radical (unpaired) electrons. The van der Waals surface area contributed by atoms with Crippen LogP contribution in [0, 0.1) is 0 Å². The van der Waals surface area contributed by atoms with Gasteiger partial charge in [-0.1, -0.05) is 0 Å². The Morgan fingerprint density at radius 1 is 1.47 bits per heavy atom. The van der Waals surface area contributed by atoms with Gasteiger partial charge in [-0.3, -0.25) is 14.8 Å². The average molecular weight is 268 g/mol. The summed E-state index contributed by atoms with van der Waals surface area (Å²) >= 11 is 0. The monoisotopic (exact) mass is 268 g/mol. The molecule has 1 heterocycles. The highest BCUT2D eigenvalue weighted by Gasteiger charge is 2.33. The van der Waals surface area contributed by atoms with Crippen LogP contribution in [0.1, 0.15) is 40.0 Å². The molecule has 0 aliphatic carbocycles. The first kappa shape index (κ1) is 15.6. The number of carbonyl (C=O) groups excluding carboxylic acids is 1. The van der Waals surface area contributed by atoms with Crippen LogP contribution >= 0.6 is 0 Å². The van der Waals surface area contributed by atoms with E-state index in [4.69, 9.17) is 4.74 Å². The number of methoxy groups -OCH3 is 1. The number of hydrogen-bond acceptors (Lipinski definition) is 5. The van der Waals surface area contributed by atoms with Crippen LogP contribution in [0.5, 0.6) is 0 Å². The van der Waals surface area contributed by atoms with Crippen LogP contribution in [0.2, 0.25) is 0 Å². The number of ether oxygens (including phenoxy) is 1. The third-order valence-corrected chi connectivity index (χ3v) is 3.02. The van der Waals surface area contributed by atoms with Crippen LogP contribution in [-0.2, 0) is 16.1 Å². The standard InChI is InChI=1S/C13H24N4O2/c1-11(2)16-13(3,12(18)19-4)7-5-6-8-17-10-14-9-15-17/h9-11,16H,5-8H2,1-4H3. The van der Waals surface area contributed by atoms with Gasteiger partial charge in [-0.25, -0.2) is 4.98 Å². The molecule has 0 saturated carbocycles. The highest BCUT2D eigenvalue weighted by atomic mass is 16.5. The van der Waals surface area contributed by atoms with E-state index in [1.165, 1.54) is 13.4 Å². The van der Waals surface area contributed by atoms with Gasteiger partial charge >= 0.3 is 5.97 Å². The largest absolute Gasteiger partial charge is 0.468 e. The van der Waals surface area contributed by atoms with Crippen LogP contribution in [0.3, 0.4) is 0 Å². The fourth-order valence-electron chi connectivity index (χ4n) is 2.20. The van der Waals surface area contributed by atoms with E-state index in [2.05, 4.69) is 15.4 Å². The predicted octanol–water partition coefficient (Wildman–Crippen LogP) is 1.38. The van der Waals surface area contributed by atoms with E-state index < -0.39 is 5.54 Å². The van der Waals surface area contributed by atoms with Crippen LogP contribution < -0.4 is 5.32 Å². The molecule has 1 aromatic heterocycles. The van der Waals surface area contributed by atoms with Gasteiger partial charge in [-0.05, 0) is 40.0 Å². The molecular weight excluding hydrogens is 244 g/mol. The summed E-state index contributed by atoms with van der Waals surface area (Å²) in [7, 11) is 1.43. The predicted molar refractivity (Wildman–Crippen MR) is 72.6 cm³/mol. The second kappa shape index (κ2) is 7.23. The van der Waals surface area contributed by atoms with Crippen LogP contribution in [0.15, 0.2) is 12.7 Å². The zero-order valence-electron chi connectivity index (χ0n) is 12.2. The summed E-state index contributed by atoms with van der Waals surface area (Å²) in [4.78, 5) is 15.8. The second-order valence-electron chi connectivity index (χ2n) is 5.24. The van der Waals surface area contributed by atoms with Gasteiger partial charge in [0.25, 0.3) is 0 Å². The van der Waals surface area contributed by atoms with Gasteiger partial charge in [-0.15, -0.1) is 0 Å². The van der Waals surface area contributed by atoms with E-state index in [0.717, 1.165) is 25.8 Å². The lowest BCUT2D eigenvalue weighted by Gasteiger charge is -2.30. The van der Waals surface area contributed by atoms with Crippen molar-refractivity contribution in [1.29, 1.82) is 0 Å². The molecule has 0 fully saturated rings. The van der Waals surface area contributed by atoms with Crippen molar-refractivity contribution in [2.24, 2.45) is 0 Å². The number of rotatable bonds is 8. The number of aromatic nitrogens is 3. The molecule has 1 rings (SSSR count). The Labute approximate surface area is 114 Å². The van der Waals surface area contributed by atoms with Gasteiger partial charge in [0.2, 0.25) is 0 Å². The first-order valence-corrected chi connectivity index (χ1v) is 6.66. The number of esters is 1. The van der Waals surface area contributed by atoms with Crippen LogP contribution in [0.25, 0.3) is 0 Å². The topological polar surface area (TPSA) is 69.0 Å². The molecule has 0 spiro atoms. The maximum atomic E-state index is 11.9. The number of nitrogens with zero attached hydrogens (tertiary/aromatic N) is 3. The quantitative estimate of drug-likeness (QED) is 0.570. The zero-order valence-corrected chi connectivity index (χ0v) is 12.2. The molecule has 1 unspecified atom stereocenters. The molecule has 6 nitrogen and oxygen atoms in total. The van der Waals surface area contributed by atoms with E-state index in [9.17, 15) is 4.79 Å². The third kappa shape index (κ3) is 4.98. The minimum absolute atomic E-state index is 0.207. The van der Waals surface area contributed by atoms with Crippen LogP contribution in [0.4, 0.5) is 0 Å². The molecule has 1 N–H and O–H groups in total. The van der Waals surface area contributed by atoms with E-state index in [0.29, 0.717) is 0 Å².